The zero-order valence-corrected chi connectivity index (χ0v) is 10.6. The molecule has 0 spiro atoms. The number of nitrogens with one attached hydrogen (secondary N) is 1. The lowest BCUT2D eigenvalue weighted by atomic mass is 10.2. The standard InChI is InChI=1S/C13H13FN2O4/c1-8(12(18)16-13(15)19)20-11(17)7-4-9-2-5-10(14)6-3-9/h2-8H,1H3,(H3,15,16,18,19). The maximum atomic E-state index is 12.7. The van der Waals surface area contributed by atoms with E-state index < -0.39 is 24.0 Å². The molecule has 0 bridgehead atoms. The second-order valence-electron chi connectivity index (χ2n) is 3.82. The summed E-state index contributed by atoms with van der Waals surface area (Å²) in [7, 11) is 0. The number of hydrogen-bond acceptors (Lipinski definition) is 4. The molecule has 1 aromatic rings. The van der Waals surface area contributed by atoms with Crippen molar-refractivity contribution < 1.29 is 23.5 Å². The van der Waals surface area contributed by atoms with Crippen molar-refractivity contribution in [3.05, 3.63) is 41.7 Å². The van der Waals surface area contributed by atoms with Crippen LogP contribution in [0.25, 0.3) is 6.08 Å². The van der Waals surface area contributed by atoms with Crippen LogP contribution in [0.5, 0.6) is 0 Å². The van der Waals surface area contributed by atoms with Crippen molar-refractivity contribution in [2.24, 2.45) is 5.73 Å². The van der Waals surface area contributed by atoms with Crippen LogP contribution in [-0.2, 0) is 14.3 Å². The van der Waals surface area contributed by atoms with Crippen LogP contribution in [0.1, 0.15) is 12.5 Å². The molecule has 0 aliphatic carbocycles. The van der Waals surface area contributed by atoms with E-state index >= 15 is 0 Å². The van der Waals surface area contributed by atoms with Gasteiger partial charge in [-0.15, -0.1) is 0 Å². The van der Waals surface area contributed by atoms with E-state index in [1.807, 2.05) is 0 Å². The molecule has 1 unspecified atom stereocenters. The number of carbonyl (C=O) groups is 3. The van der Waals surface area contributed by atoms with E-state index in [0.717, 1.165) is 6.08 Å². The number of nitrogens with two attached hydrogens (primary N) is 1. The van der Waals surface area contributed by atoms with Crippen LogP contribution in [-0.4, -0.2) is 24.0 Å². The van der Waals surface area contributed by atoms with Crippen LogP contribution in [0.2, 0.25) is 0 Å². The van der Waals surface area contributed by atoms with Crippen LogP contribution in [0, 0.1) is 5.82 Å². The van der Waals surface area contributed by atoms with Crippen molar-refractivity contribution in [3.63, 3.8) is 0 Å². The third kappa shape index (κ3) is 5.30. The number of hydrogen-bond donors (Lipinski definition) is 2. The summed E-state index contributed by atoms with van der Waals surface area (Å²) in [5.74, 6) is -1.98. The molecule has 3 N–H and O–H groups in total. The van der Waals surface area contributed by atoms with Gasteiger partial charge in [-0.3, -0.25) is 10.1 Å². The summed E-state index contributed by atoms with van der Waals surface area (Å²) in [5, 5.41) is 1.78. The molecule has 0 saturated heterocycles. The van der Waals surface area contributed by atoms with E-state index in [4.69, 9.17) is 10.5 Å². The zero-order chi connectivity index (χ0) is 15.1. The smallest absolute Gasteiger partial charge is 0.331 e. The van der Waals surface area contributed by atoms with Gasteiger partial charge in [0.25, 0.3) is 5.91 Å². The number of esters is 1. The normalized spacial score (nSPS) is 11.9. The molecule has 0 radical (unpaired) electrons. The second-order valence-corrected chi connectivity index (χ2v) is 3.82. The van der Waals surface area contributed by atoms with Crippen molar-refractivity contribution in [2.45, 2.75) is 13.0 Å². The maximum Gasteiger partial charge on any atom is 0.331 e. The summed E-state index contributed by atoms with van der Waals surface area (Å²) in [5.41, 5.74) is 5.35. The number of urea groups is 1. The van der Waals surface area contributed by atoms with Gasteiger partial charge in [-0.1, -0.05) is 12.1 Å². The van der Waals surface area contributed by atoms with Gasteiger partial charge in [0.15, 0.2) is 6.10 Å². The van der Waals surface area contributed by atoms with Crippen molar-refractivity contribution >= 4 is 24.0 Å². The molecule has 1 aromatic carbocycles. The minimum absolute atomic E-state index is 0.388. The minimum atomic E-state index is -1.16. The van der Waals surface area contributed by atoms with Gasteiger partial charge in [0.2, 0.25) is 0 Å². The van der Waals surface area contributed by atoms with Gasteiger partial charge in [0.05, 0.1) is 0 Å². The van der Waals surface area contributed by atoms with Gasteiger partial charge >= 0.3 is 12.0 Å². The van der Waals surface area contributed by atoms with Crippen molar-refractivity contribution in [1.82, 2.24) is 5.32 Å². The number of primary amides is 1. The Kier molecular flexibility index (Phi) is 5.40. The number of rotatable bonds is 4. The van der Waals surface area contributed by atoms with Crippen LogP contribution in [0.15, 0.2) is 30.3 Å². The Balaban J connectivity index is 2.52. The molecule has 7 heteroatoms. The van der Waals surface area contributed by atoms with E-state index in [1.165, 1.54) is 37.3 Å². The lowest BCUT2D eigenvalue weighted by molar-refractivity contribution is -0.149. The Morgan fingerprint density at radius 2 is 1.90 bits per heavy atom. The zero-order valence-electron chi connectivity index (χ0n) is 10.6. The third-order valence-corrected chi connectivity index (χ3v) is 2.19. The summed E-state index contributed by atoms with van der Waals surface area (Å²) < 4.78 is 17.4. The first-order valence-electron chi connectivity index (χ1n) is 5.63. The first-order chi connectivity index (χ1) is 9.38. The minimum Gasteiger partial charge on any atom is -0.449 e. The monoisotopic (exact) mass is 280 g/mol. The fourth-order valence-corrected chi connectivity index (χ4v) is 1.23. The predicted octanol–water partition coefficient (Wildman–Crippen LogP) is 0.966. The Morgan fingerprint density at radius 1 is 1.30 bits per heavy atom. The molecule has 0 heterocycles. The van der Waals surface area contributed by atoms with Crippen molar-refractivity contribution in [1.29, 1.82) is 0 Å². The number of benzene rings is 1. The molecule has 0 aliphatic heterocycles. The fourth-order valence-electron chi connectivity index (χ4n) is 1.23. The quantitative estimate of drug-likeness (QED) is 0.634. The summed E-state index contributed by atoms with van der Waals surface area (Å²) in [6.07, 6.45) is 1.33. The first-order valence-corrected chi connectivity index (χ1v) is 5.63. The number of amides is 3. The van der Waals surface area contributed by atoms with Gasteiger partial charge in [-0.2, -0.15) is 0 Å². The van der Waals surface area contributed by atoms with E-state index in [0.29, 0.717) is 5.56 Å². The summed E-state index contributed by atoms with van der Waals surface area (Å²) >= 11 is 0. The summed E-state index contributed by atoms with van der Waals surface area (Å²) in [6.45, 7) is 1.29. The molecule has 0 aliphatic rings. The van der Waals surface area contributed by atoms with E-state index in [1.54, 1.807) is 5.32 Å². The molecule has 6 nitrogen and oxygen atoms in total. The number of carbonyl (C=O) groups excluding carboxylic acids is 3. The lowest BCUT2D eigenvalue weighted by Crippen LogP contribution is -2.42. The molecular weight excluding hydrogens is 267 g/mol. The van der Waals surface area contributed by atoms with Gasteiger partial charge in [0, 0.05) is 6.08 Å². The predicted molar refractivity (Wildman–Crippen MR) is 68.7 cm³/mol. The Bertz CT molecular complexity index is 540. The highest BCUT2D eigenvalue weighted by atomic mass is 19.1. The molecule has 0 fully saturated rings. The fraction of sp³-hybridized carbons (Fsp3) is 0.154. The van der Waals surface area contributed by atoms with Gasteiger partial charge in [0.1, 0.15) is 5.82 Å². The maximum absolute atomic E-state index is 12.7. The molecule has 0 aromatic heterocycles. The molecule has 1 rings (SSSR count). The van der Waals surface area contributed by atoms with Gasteiger partial charge in [-0.25, -0.2) is 14.0 Å². The lowest BCUT2D eigenvalue weighted by Gasteiger charge is -2.09. The SMILES string of the molecule is CC(OC(=O)C=Cc1ccc(F)cc1)C(=O)NC(N)=O. The second kappa shape index (κ2) is 7.03. The highest BCUT2D eigenvalue weighted by molar-refractivity contribution is 5.97. The first kappa shape index (κ1) is 15.4. The highest BCUT2D eigenvalue weighted by Crippen LogP contribution is 2.05. The molecule has 20 heavy (non-hydrogen) atoms. The van der Waals surface area contributed by atoms with Gasteiger partial charge in [-0.05, 0) is 30.7 Å². The topological polar surface area (TPSA) is 98.5 Å². The average molecular weight is 280 g/mol. The molecule has 1 atom stereocenters. The van der Waals surface area contributed by atoms with E-state index in [2.05, 4.69) is 0 Å². The number of halogens is 1. The Labute approximate surface area is 114 Å². The van der Waals surface area contributed by atoms with E-state index in [9.17, 15) is 18.8 Å². The average Bonchev–Trinajstić information content (AvgIpc) is 2.37. The number of ether oxygens (including phenoxy) is 1. The van der Waals surface area contributed by atoms with Gasteiger partial charge < -0.3 is 10.5 Å². The van der Waals surface area contributed by atoms with Crippen LogP contribution in [0.4, 0.5) is 9.18 Å². The summed E-state index contributed by atoms with van der Waals surface area (Å²) in [4.78, 5) is 33.1. The third-order valence-electron chi connectivity index (χ3n) is 2.19. The van der Waals surface area contributed by atoms with E-state index in [-0.39, 0.29) is 5.82 Å². The molecule has 0 saturated carbocycles. The van der Waals surface area contributed by atoms with Crippen LogP contribution < -0.4 is 11.1 Å². The summed E-state index contributed by atoms with van der Waals surface area (Å²) in [6, 6.07) is 4.41. The number of imide groups is 1. The van der Waals surface area contributed by atoms with Crippen molar-refractivity contribution in [3.8, 4) is 0 Å². The molecular formula is C13H13FN2O4. The largest absolute Gasteiger partial charge is 0.449 e. The highest BCUT2D eigenvalue weighted by Gasteiger charge is 2.17. The van der Waals surface area contributed by atoms with Crippen LogP contribution in [0.3, 0.4) is 0 Å². The van der Waals surface area contributed by atoms with Crippen LogP contribution >= 0.6 is 0 Å². The van der Waals surface area contributed by atoms with Crippen molar-refractivity contribution in [2.75, 3.05) is 0 Å². The molecule has 3 amide bonds. The Morgan fingerprint density at radius 3 is 2.45 bits per heavy atom. The molecule has 106 valence electrons. The Hall–Kier alpha value is -2.70.